The summed E-state index contributed by atoms with van der Waals surface area (Å²) in [6.45, 7) is 5.14. The first-order valence-corrected chi connectivity index (χ1v) is 11.6. The van der Waals surface area contributed by atoms with Gasteiger partial charge in [0.05, 0.1) is 11.0 Å². The zero-order chi connectivity index (χ0) is 21.0. The number of benzene rings is 2. The Bertz CT molecular complexity index is 930. The van der Waals surface area contributed by atoms with Gasteiger partial charge < -0.3 is 14.4 Å². The van der Waals surface area contributed by atoms with Gasteiger partial charge in [0.25, 0.3) is 5.91 Å². The number of nitrogens with zero attached hydrogens (tertiary/aromatic N) is 1. The van der Waals surface area contributed by atoms with Crippen LogP contribution >= 0.6 is 0 Å². The van der Waals surface area contributed by atoms with Crippen molar-refractivity contribution in [1.82, 2.24) is 0 Å². The summed E-state index contributed by atoms with van der Waals surface area (Å²) in [5.74, 6) is 0.545. The van der Waals surface area contributed by atoms with Crippen molar-refractivity contribution in [2.75, 3.05) is 24.4 Å². The Balaban J connectivity index is 1.73. The van der Waals surface area contributed by atoms with E-state index in [-0.39, 0.29) is 22.9 Å². The normalized spacial score (nSPS) is 16.8. The van der Waals surface area contributed by atoms with E-state index in [0.717, 1.165) is 25.7 Å². The second-order valence-corrected chi connectivity index (χ2v) is 9.52. The van der Waals surface area contributed by atoms with Gasteiger partial charge in [0.1, 0.15) is 12.4 Å². The summed E-state index contributed by atoms with van der Waals surface area (Å²) in [5.41, 5.74) is 1.19. The van der Waals surface area contributed by atoms with Crippen LogP contribution in [0, 0.1) is 0 Å². The Kier molecular flexibility index (Phi) is 6.59. The van der Waals surface area contributed by atoms with Gasteiger partial charge in [-0.1, -0.05) is 0 Å². The molecule has 156 valence electrons. The zero-order valence-electron chi connectivity index (χ0n) is 17.0. The third-order valence-corrected chi connectivity index (χ3v) is 5.97. The minimum Gasteiger partial charge on any atom is -0.491 e. The van der Waals surface area contributed by atoms with Crippen molar-refractivity contribution in [2.45, 2.75) is 43.7 Å². The summed E-state index contributed by atoms with van der Waals surface area (Å²) < 4.78 is 34.6. The summed E-state index contributed by atoms with van der Waals surface area (Å²) in [6.07, 6.45) is 3.38. The fourth-order valence-corrected chi connectivity index (χ4v) is 3.93. The molecule has 1 amide bonds. The van der Waals surface area contributed by atoms with Crippen LogP contribution in [0.25, 0.3) is 0 Å². The van der Waals surface area contributed by atoms with Crippen LogP contribution in [-0.2, 0) is 14.6 Å². The predicted octanol–water partition coefficient (Wildman–Crippen LogP) is 3.70. The highest BCUT2D eigenvalue weighted by Gasteiger charge is 2.22. The summed E-state index contributed by atoms with van der Waals surface area (Å²) in [7, 11) is -3.28. The van der Waals surface area contributed by atoms with Gasteiger partial charge in [-0.25, -0.2) is 8.42 Å². The number of anilines is 1. The minimum atomic E-state index is -3.28. The van der Waals surface area contributed by atoms with Gasteiger partial charge in [0, 0.05) is 30.2 Å². The van der Waals surface area contributed by atoms with Crippen LogP contribution in [0.1, 0.15) is 37.0 Å². The molecular formula is C22H27NO5S. The van der Waals surface area contributed by atoms with Gasteiger partial charge in [-0.15, -0.1) is 0 Å². The van der Waals surface area contributed by atoms with E-state index >= 15 is 0 Å². The Morgan fingerprint density at radius 2 is 1.79 bits per heavy atom. The molecule has 0 radical (unpaired) electrons. The third-order valence-electron chi connectivity index (χ3n) is 4.84. The number of hydrogen-bond donors (Lipinski definition) is 0. The van der Waals surface area contributed by atoms with Crippen molar-refractivity contribution >= 4 is 21.4 Å². The molecule has 0 N–H and O–H groups in total. The molecule has 2 aromatic carbocycles. The lowest BCUT2D eigenvalue weighted by atomic mass is 10.1. The second-order valence-electron chi connectivity index (χ2n) is 7.51. The molecule has 1 atom stereocenters. The summed E-state index contributed by atoms with van der Waals surface area (Å²) >= 11 is 0. The average molecular weight is 418 g/mol. The molecule has 1 heterocycles. The van der Waals surface area contributed by atoms with Gasteiger partial charge in [-0.3, -0.25) is 4.79 Å². The van der Waals surface area contributed by atoms with Crippen molar-refractivity contribution in [1.29, 1.82) is 0 Å². The number of hydrogen-bond acceptors (Lipinski definition) is 5. The summed E-state index contributed by atoms with van der Waals surface area (Å²) in [5, 5.41) is 0. The second kappa shape index (κ2) is 8.97. The lowest BCUT2D eigenvalue weighted by molar-refractivity contribution is 0.0679. The van der Waals surface area contributed by atoms with E-state index in [1.807, 2.05) is 13.8 Å². The molecule has 0 aromatic heterocycles. The first-order valence-electron chi connectivity index (χ1n) is 9.74. The maximum atomic E-state index is 13.1. The molecule has 1 aliphatic rings. The van der Waals surface area contributed by atoms with E-state index in [1.54, 1.807) is 41.3 Å². The molecule has 1 saturated heterocycles. The van der Waals surface area contributed by atoms with Crippen LogP contribution in [0.3, 0.4) is 0 Å². The molecule has 1 unspecified atom stereocenters. The van der Waals surface area contributed by atoms with E-state index in [9.17, 15) is 13.2 Å². The minimum absolute atomic E-state index is 0.0953. The highest BCUT2D eigenvalue weighted by atomic mass is 32.2. The van der Waals surface area contributed by atoms with Crippen LogP contribution < -0.4 is 9.64 Å². The molecule has 6 nitrogen and oxygen atoms in total. The van der Waals surface area contributed by atoms with E-state index in [0.29, 0.717) is 23.6 Å². The number of amides is 1. The van der Waals surface area contributed by atoms with E-state index in [1.165, 1.54) is 12.1 Å². The topological polar surface area (TPSA) is 72.9 Å². The van der Waals surface area contributed by atoms with Crippen LogP contribution in [-0.4, -0.2) is 45.9 Å². The molecule has 0 saturated carbocycles. The maximum absolute atomic E-state index is 13.1. The molecule has 29 heavy (non-hydrogen) atoms. The highest BCUT2D eigenvalue weighted by Crippen LogP contribution is 2.24. The number of carbonyl (C=O) groups excluding carboxylic acids is 1. The summed E-state index contributed by atoms with van der Waals surface area (Å²) in [4.78, 5) is 15.0. The number of sulfone groups is 1. The third kappa shape index (κ3) is 5.36. The quantitative estimate of drug-likeness (QED) is 0.687. The van der Waals surface area contributed by atoms with Gasteiger partial charge in [-0.2, -0.15) is 0 Å². The largest absolute Gasteiger partial charge is 0.491 e. The Labute approximate surface area is 172 Å². The SMILES string of the molecule is CC(C)N(C(=O)c1ccc(OCC2CCCO2)cc1)c1ccc(S(C)(=O)=O)cc1. The van der Waals surface area contributed by atoms with Crippen LogP contribution in [0.15, 0.2) is 53.4 Å². The summed E-state index contributed by atoms with van der Waals surface area (Å²) in [6, 6.07) is 13.3. The lowest BCUT2D eigenvalue weighted by Crippen LogP contribution is -2.37. The highest BCUT2D eigenvalue weighted by molar-refractivity contribution is 7.90. The number of ether oxygens (including phenoxy) is 2. The van der Waals surface area contributed by atoms with Gasteiger partial charge in [0.2, 0.25) is 0 Å². The Morgan fingerprint density at radius 3 is 2.31 bits per heavy atom. The molecule has 1 aliphatic heterocycles. The maximum Gasteiger partial charge on any atom is 0.258 e. The van der Waals surface area contributed by atoms with Gasteiger partial charge >= 0.3 is 0 Å². The van der Waals surface area contributed by atoms with Crippen molar-refractivity contribution in [3.8, 4) is 5.75 Å². The molecule has 2 aromatic rings. The molecule has 1 fully saturated rings. The first kappa shape index (κ1) is 21.3. The molecule has 7 heteroatoms. The standard InChI is InChI=1S/C22H27NO5S/c1-16(2)23(18-8-12-21(13-9-18)29(3,25)26)22(24)17-6-10-19(11-7-17)28-15-20-5-4-14-27-20/h6-13,16,20H,4-5,14-15H2,1-3H3. The zero-order valence-corrected chi connectivity index (χ0v) is 17.8. The number of rotatable bonds is 7. The number of carbonyl (C=O) groups is 1. The monoisotopic (exact) mass is 417 g/mol. The van der Waals surface area contributed by atoms with Gasteiger partial charge in [0.15, 0.2) is 9.84 Å². The Morgan fingerprint density at radius 1 is 1.14 bits per heavy atom. The molecule has 3 rings (SSSR count). The Hall–Kier alpha value is -2.38. The van der Waals surface area contributed by atoms with E-state index in [2.05, 4.69) is 0 Å². The van der Waals surface area contributed by atoms with Crippen LogP contribution in [0.5, 0.6) is 5.75 Å². The van der Waals surface area contributed by atoms with E-state index in [4.69, 9.17) is 9.47 Å². The molecule has 0 aliphatic carbocycles. The predicted molar refractivity (Wildman–Crippen MR) is 112 cm³/mol. The van der Waals surface area contributed by atoms with Crippen LogP contribution in [0.4, 0.5) is 5.69 Å². The van der Waals surface area contributed by atoms with Crippen molar-refractivity contribution in [2.24, 2.45) is 0 Å². The van der Waals surface area contributed by atoms with Crippen molar-refractivity contribution in [3.05, 3.63) is 54.1 Å². The molecule has 0 bridgehead atoms. The fourth-order valence-electron chi connectivity index (χ4n) is 3.30. The van der Waals surface area contributed by atoms with E-state index < -0.39 is 9.84 Å². The molecule has 0 spiro atoms. The van der Waals surface area contributed by atoms with Crippen LogP contribution in [0.2, 0.25) is 0 Å². The van der Waals surface area contributed by atoms with Crippen molar-refractivity contribution < 1.29 is 22.7 Å². The van der Waals surface area contributed by atoms with Gasteiger partial charge in [-0.05, 0) is 75.2 Å². The molecular weight excluding hydrogens is 390 g/mol. The fraction of sp³-hybridized carbons (Fsp3) is 0.409. The smallest absolute Gasteiger partial charge is 0.258 e. The lowest BCUT2D eigenvalue weighted by Gasteiger charge is -2.27. The average Bonchev–Trinajstić information content (AvgIpc) is 3.20. The first-order chi connectivity index (χ1) is 13.8. The van der Waals surface area contributed by atoms with Crippen molar-refractivity contribution in [3.63, 3.8) is 0 Å².